The second kappa shape index (κ2) is 6.75. The van der Waals surface area contributed by atoms with Gasteiger partial charge < -0.3 is 15.2 Å². The van der Waals surface area contributed by atoms with Gasteiger partial charge in [-0.15, -0.1) is 0 Å². The number of hydrogen-bond donors (Lipinski definition) is 1. The van der Waals surface area contributed by atoms with Crippen LogP contribution in [0.15, 0.2) is 58.0 Å². The maximum atomic E-state index is 12.9. The number of fused-ring (bicyclic) bond motifs is 1. The largest absolute Gasteiger partial charge is 0.623 e. The molecule has 0 saturated carbocycles. The SMILES string of the molecule is CC(O)N(C)C1=Nc2ccc(Br)cc2C(c2ccccc2)=[N+]([O-])C1. The van der Waals surface area contributed by atoms with E-state index in [0.717, 1.165) is 20.3 Å². The molecule has 0 spiro atoms. The van der Waals surface area contributed by atoms with Crippen molar-refractivity contribution in [2.75, 3.05) is 13.6 Å². The van der Waals surface area contributed by atoms with Gasteiger partial charge in [0.2, 0.25) is 12.3 Å². The monoisotopic (exact) mass is 387 g/mol. The Morgan fingerprint density at radius 3 is 2.62 bits per heavy atom. The van der Waals surface area contributed by atoms with Crippen LogP contribution in [0.3, 0.4) is 0 Å². The van der Waals surface area contributed by atoms with Gasteiger partial charge in [0.25, 0.3) is 0 Å². The Kier molecular flexibility index (Phi) is 4.69. The zero-order chi connectivity index (χ0) is 17.3. The molecule has 0 aliphatic carbocycles. The van der Waals surface area contributed by atoms with Gasteiger partial charge in [-0.1, -0.05) is 34.1 Å². The maximum Gasteiger partial charge on any atom is 0.228 e. The summed E-state index contributed by atoms with van der Waals surface area (Å²) < 4.78 is 1.82. The van der Waals surface area contributed by atoms with E-state index >= 15 is 0 Å². The van der Waals surface area contributed by atoms with E-state index in [0.29, 0.717) is 17.2 Å². The van der Waals surface area contributed by atoms with Crippen LogP contribution >= 0.6 is 15.9 Å². The standard InChI is InChI=1S/C18H18BrN3O2/c1-12(23)21(2)17-11-22(24)18(13-6-4-3-5-7-13)15-10-14(19)8-9-16(15)20-17/h3-10,12,23H,11H2,1-2H3. The first-order valence-corrected chi connectivity index (χ1v) is 8.42. The predicted molar refractivity (Wildman–Crippen MR) is 98.8 cm³/mol. The molecule has 1 aliphatic heterocycles. The van der Waals surface area contributed by atoms with Crippen LogP contribution < -0.4 is 0 Å². The summed E-state index contributed by atoms with van der Waals surface area (Å²) in [4.78, 5) is 6.23. The zero-order valence-corrected chi connectivity index (χ0v) is 15.1. The summed E-state index contributed by atoms with van der Waals surface area (Å²) in [5, 5.41) is 22.7. The molecule has 2 aromatic carbocycles. The lowest BCUT2D eigenvalue weighted by Crippen LogP contribution is -2.39. The minimum Gasteiger partial charge on any atom is -0.623 e. The lowest BCUT2D eigenvalue weighted by Gasteiger charge is -2.22. The molecule has 0 bridgehead atoms. The molecule has 6 heteroatoms. The fourth-order valence-electron chi connectivity index (χ4n) is 2.61. The van der Waals surface area contributed by atoms with Crippen LogP contribution in [0.5, 0.6) is 0 Å². The molecule has 3 rings (SSSR count). The topological polar surface area (TPSA) is 61.9 Å². The molecule has 24 heavy (non-hydrogen) atoms. The lowest BCUT2D eigenvalue weighted by atomic mass is 10.0. The average Bonchev–Trinajstić information content (AvgIpc) is 2.70. The molecule has 2 aromatic rings. The molecular formula is C18H18BrN3O2. The Hall–Kier alpha value is -2.18. The summed E-state index contributed by atoms with van der Waals surface area (Å²) in [6.45, 7) is 1.71. The van der Waals surface area contributed by atoms with E-state index in [1.165, 1.54) is 0 Å². The summed E-state index contributed by atoms with van der Waals surface area (Å²) in [5.74, 6) is 0.523. The first-order valence-electron chi connectivity index (χ1n) is 7.63. The Labute approximate surface area is 149 Å². The van der Waals surface area contributed by atoms with Gasteiger partial charge in [0.1, 0.15) is 6.23 Å². The van der Waals surface area contributed by atoms with Crippen molar-refractivity contribution in [3.8, 4) is 0 Å². The van der Waals surface area contributed by atoms with Crippen LogP contribution in [0.25, 0.3) is 0 Å². The maximum absolute atomic E-state index is 12.9. The molecule has 124 valence electrons. The van der Waals surface area contributed by atoms with Gasteiger partial charge in [0.15, 0.2) is 5.84 Å². The fourth-order valence-corrected chi connectivity index (χ4v) is 2.97. The molecule has 0 aromatic heterocycles. The molecule has 0 saturated heterocycles. The Morgan fingerprint density at radius 1 is 1.25 bits per heavy atom. The Balaban J connectivity index is 2.22. The summed E-state index contributed by atoms with van der Waals surface area (Å²) in [7, 11) is 1.73. The van der Waals surface area contributed by atoms with E-state index in [2.05, 4.69) is 20.9 Å². The van der Waals surface area contributed by atoms with Crippen LogP contribution in [-0.4, -0.2) is 46.1 Å². The Morgan fingerprint density at radius 2 is 1.96 bits per heavy atom. The van der Waals surface area contributed by atoms with E-state index < -0.39 is 6.23 Å². The highest BCUT2D eigenvalue weighted by Gasteiger charge is 2.26. The van der Waals surface area contributed by atoms with Crippen molar-refractivity contribution in [2.45, 2.75) is 13.2 Å². The summed E-state index contributed by atoms with van der Waals surface area (Å²) >= 11 is 3.47. The van der Waals surface area contributed by atoms with Gasteiger partial charge in [-0.05, 0) is 37.3 Å². The van der Waals surface area contributed by atoms with Crippen LogP contribution in [0.2, 0.25) is 0 Å². The van der Waals surface area contributed by atoms with Crippen molar-refractivity contribution in [3.05, 3.63) is 69.3 Å². The van der Waals surface area contributed by atoms with Gasteiger partial charge >= 0.3 is 0 Å². The molecule has 0 amide bonds. The van der Waals surface area contributed by atoms with Crippen molar-refractivity contribution >= 4 is 33.2 Å². The molecule has 0 radical (unpaired) electrons. The third kappa shape index (κ3) is 3.20. The number of amidine groups is 1. The highest BCUT2D eigenvalue weighted by atomic mass is 79.9. The number of hydroxylamine groups is 1. The van der Waals surface area contributed by atoms with Gasteiger partial charge in [-0.3, -0.25) is 0 Å². The normalized spacial score (nSPS) is 15.4. The van der Waals surface area contributed by atoms with Gasteiger partial charge in [0, 0.05) is 17.1 Å². The fraction of sp³-hybridized carbons (Fsp3) is 0.222. The number of halogens is 1. The number of aliphatic hydroxyl groups is 1. The van der Waals surface area contributed by atoms with Gasteiger partial charge in [-0.2, -0.15) is 4.74 Å². The van der Waals surface area contributed by atoms with Crippen LogP contribution in [0.1, 0.15) is 18.1 Å². The number of benzene rings is 2. The summed E-state index contributed by atoms with van der Waals surface area (Å²) in [6.07, 6.45) is -0.727. The van der Waals surface area contributed by atoms with E-state index in [1.54, 1.807) is 18.9 Å². The van der Waals surface area contributed by atoms with Crippen molar-refractivity contribution in [1.82, 2.24) is 4.90 Å². The van der Waals surface area contributed by atoms with E-state index in [9.17, 15) is 10.3 Å². The van der Waals surface area contributed by atoms with Crippen molar-refractivity contribution in [1.29, 1.82) is 0 Å². The molecule has 1 heterocycles. The molecule has 1 unspecified atom stereocenters. The second-order valence-electron chi connectivity index (χ2n) is 5.68. The second-order valence-corrected chi connectivity index (χ2v) is 6.60. The highest BCUT2D eigenvalue weighted by molar-refractivity contribution is 9.10. The molecule has 1 atom stereocenters. The van der Waals surface area contributed by atoms with Crippen LogP contribution in [0.4, 0.5) is 5.69 Å². The highest BCUT2D eigenvalue weighted by Crippen LogP contribution is 2.28. The molecule has 5 nitrogen and oxygen atoms in total. The minimum absolute atomic E-state index is 0.0674. The van der Waals surface area contributed by atoms with Crippen molar-refractivity contribution in [3.63, 3.8) is 0 Å². The third-order valence-corrected chi connectivity index (χ3v) is 4.51. The average molecular weight is 388 g/mol. The number of likely N-dealkylation sites (N-methyl/N-ethyl adjacent to an activating group) is 1. The first kappa shape index (κ1) is 16.7. The zero-order valence-electron chi connectivity index (χ0n) is 13.5. The van der Waals surface area contributed by atoms with Crippen LogP contribution in [-0.2, 0) is 0 Å². The smallest absolute Gasteiger partial charge is 0.228 e. The van der Waals surface area contributed by atoms with E-state index in [4.69, 9.17) is 0 Å². The first-order chi connectivity index (χ1) is 11.5. The summed E-state index contributed by atoms with van der Waals surface area (Å²) in [6, 6.07) is 15.2. The molecular weight excluding hydrogens is 370 g/mol. The molecule has 0 fully saturated rings. The van der Waals surface area contributed by atoms with Gasteiger partial charge in [0.05, 0.1) is 11.3 Å². The van der Waals surface area contributed by atoms with Crippen LogP contribution in [0, 0.1) is 5.21 Å². The van der Waals surface area contributed by atoms with E-state index in [1.807, 2.05) is 48.5 Å². The molecule has 1 aliphatic rings. The number of nitrogens with zero attached hydrogens (tertiary/aromatic N) is 3. The third-order valence-electron chi connectivity index (χ3n) is 4.01. The lowest BCUT2D eigenvalue weighted by molar-refractivity contribution is -0.440. The van der Waals surface area contributed by atoms with Gasteiger partial charge in [-0.25, -0.2) is 4.99 Å². The van der Waals surface area contributed by atoms with Crippen molar-refractivity contribution in [2.24, 2.45) is 4.99 Å². The summed E-state index contributed by atoms with van der Waals surface area (Å²) in [5.41, 5.74) is 2.88. The van der Waals surface area contributed by atoms with Crippen molar-refractivity contribution < 1.29 is 9.85 Å². The number of aliphatic hydroxyl groups excluding tert-OH is 1. The quantitative estimate of drug-likeness (QED) is 0.489. The number of aliphatic imine (C=N–C) groups is 1. The number of hydrogen-bond acceptors (Lipinski definition) is 4. The number of rotatable bonds is 2. The van der Waals surface area contributed by atoms with E-state index in [-0.39, 0.29) is 6.54 Å². The minimum atomic E-state index is -0.727. The Bertz CT molecular complexity index is 816. The predicted octanol–water partition coefficient (Wildman–Crippen LogP) is 3.11. The molecule has 1 N–H and O–H groups in total.